The van der Waals surface area contributed by atoms with Crippen LogP contribution in [0.25, 0.3) is 0 Å². The van der Waals surface area contributed by atoms with E-state index in [0.29, 0.717) is 22.4 Å². The zero-order chi connectivity index (χ0) is 12.1. The molecule has 0 fully saturated rings. The van der Waals surface area contributed by atoms with Gasteiger partial charge in [0.2, 0.25) is 0 Å². The quantitative estimate of drug-likeness (QED) is 0.860. The number of rotatable bonds is 5. The van der Waals surface area contributed by atoms with Gasteiger partial charge in [-0.15, -0.1) is 0 Å². The van der Waals surface area contributed by atoms with Gasteiger partial charge in [-0.05, 0) is 5.92 Å². The first-order valence-corrected chi connectivity index (χ1v) is 5.61. The van der Waals surface area contributed by atoms with Crippen molar-refractivity contribution in [2.75, 3.05) is 26.1 Å². The largest absolute Gasteiger partial charge is 0.493 e. The molecule has 0 aliphatic rings. The lowest BCUT2D eigenvalue weighted by atomic mass is 10.2. The Balaban J connectivity index is 2.92. The van der Waals surface area contributed by atoms with Gasteiger partial charge in [-0.25, -0.2) is 0 Å². The van der Waals surface area contributed by atoms with Gasteiger partial charge < -0.3 is 14.8 Å². The maximum absolute atomic E-state index is 6.12. The van der Waals surface area contributed by atoms with Crippen molar-refractivity contribution in [3.8, 4) is 11.5 Å². The van der Waals surface area contributed by atoms with E-state index < -0.39 is 0 Å². The number of benzene rings is 1. The molecule has 1 N–H and O–H groups in total. The molecule has 3 nitrogen and oxygen atoms in total. The van der Waals surface area contributed by atoms with Gasteiger partial charge in [0.25, 0.3) is 0 Å². The van der Waals surface area contributed by atoms with Crippen molar-refractivity contribution in [1.29, 1.82) is 0 Å². The summed E-state index contributed by atoms with van der Waals surface area (Å²) in [7, 11) is 3.20. The van der Waals surface area contributed by atoms with Gasteiger partial charge >= 0.3 is 0 Å². The van der Waals surface area contributed by atoms with E-state index in [9.17, 15) is 0 Å². The molecule has 1 aromatic rings. The molecular formula is C12H18ClNO2. The number of anilines is 1. The smallest absolute Gasteiger partial charge is 0.162 e. The van der Waals surface area contributed by atoms with Gasteiger partial charge in [-0.3, -0.25) is 0 Å². The lowest BCUT2D eigenvalue weighted by molar-refractivity contribution is 0.355. The first kappa shape index (κ1) is 13.0. The van der Waals surface area contributed by atoms with Gasteiger partial charge in [0.1, 0.15) is 0 Å². The van der Waals surface area contributed by atoms with E-state index in [4.69, 9.17) is 21.1 Å². The minimum Gasteiger partial charge on any atom is -0.493 e. The first-order chi connectivity index (χ1) is 7.58. The average Bonchev–Trinajstić information content (AvgIpc) is 2.26. The Labute approximate surface area is 102 Å². The fourth-order valence-electron chi connectivity index (χ4n) is 1.30. The third-order valence-corrected chi connectivity index (χ3v) is 2.49. The summed E-state index contributed by atoms with van der Waals surface area (Å²) < 4.78 is 10.4. The van der Waals surface area contributed by atoms with Crippen LogP contribution in [0.2, 0.25) is 5.02 Å². The molecule has 0 saturated heterocycles. The summed E-state index contributed by atoms with van der Waals surface area (Å²) in [4.78, 5) is 0. The molecule has 0 bridgehead atoms. The van der Waals surface area contributed by atoms with E-state index in [-0.39, 0.29) is 0 Å². The molecule has 90 valence electrons. The minimum atomic E-state index is 0.559. The van der Waals surface area contributed by atoms with Crippen LogP contribution in [0.1, 0.15) is 13.8 Å². The number of hydrogen-bond donors (Lipinski definition) is 1. The number of halogens is 1. The lowest BCUT2D eigenvalue weighted by Crippen LogP contribution is -2.08. The molecule has 0 aliphatic carbocycles. The second-order valence-electron chi connectivity index (χ2n) is 3.96. The molecular weight excluding hydrogens is 226 g/mol. The fourth-order valence-corrected chi connectivity index (χ4v) is 1.52. The second-order valence-corrected chi connectivity index (χ2v) is 4.37. The normalized spacial score (nSPS) is 10.4. The molecule has 0 spiro atoms. The Morgan fingerprint density at radius 2 is 1.75 bits per heavy atom. The Hall–Kier alpha value is -1.09. The van der Waals surface area contributed by atoms with Crippen molar-refractivity contribution in [3.63, 3.8) is 0 Å². The van der Waals surface area contributed by atoms with Crippen LogP contribution in [0, 0.1) is 5.92 Å². The van der Waals surface area contributed by atoms with Gasteiger partial charge in [0.15, 0.2) is 11.5 Å². The SMILES string of the molecule is COc1cc(Cl)c(NCC(C)C)cc1OC. The molecule has 0 radical (unpaired) electrons. The molecule has 1 rings (SSSR count). The number of hydrogen-bond acceptors (Lipinski definition) is 3. The number of nitrogens with one attached hydrogen (secondary N) is 1. The zero-order valence-electron chi connectivity index (χ0n) is 10.1. The highest BCUT2D eigenvalue weighted by Gasteiger charge is 2.09. The summed E-state index contributed by atoms with van der Waals surface area (Å²) in [5, 5.41) is 3.91. The van der Waals surface area contributed by atoms with Crippen molar-refractivity contribution < 1.29 is 9.47 Å². The van der Waals surface area contributed by atoms with Crippen LogP contribution in [-0.4, -0.2) is 20.8 Å². The van der Waals surface area contributed by atoms with Crippen LogP contribution < -0.4 is 14.8 Å². The number of methoxy groups -OCH3 is 2. The van der Waals surface area contributed by atoms with Crippen LogP contribution in [0.15, 0.2) is 12.1 Å². The highest BCUT2D eigenvalue weighted by atomic mass is 35.5. The molecule has 0 heterocycles. The van der Waals surface area contributed by atoms with Gasteiger partial charge in [-0.2, -0.15) is 0 Å². The van der Waals surface area contributed by atoms with Crippen LogP contribution in [0.3, 0.4) is 0 Å². The van der Waals surface area contributed by atoms with E-state index in [1.54, 1.807) is 20.3 Å². The summed E-state index contributed by atoms with van der Waals surface area (Å²) in [5.41, 5.74) is 0.869. The summed E-state index contributed by atoms with van der Waals surface area (Å²) in [6, 6.07) is 3.60. The molecule has 0 saturated carbocycles. The molecule has 0 aromatic heterocycles. The fraction of sp³-hybridized carbons (Fsp3) is 0.500. The van der Waals surface area contributed by atoms with Crippen molar-refractivity contribution in [2.24, 2.45) is 5.92 Å². The van der Waals surface area contributed by atoms with Gasteiger partial charge in [0.05, 0.1) is 24.9 Å². The third kappa shape index (κ3) is 3.20. The van der Waals surface area contributed by atoms with Gasteiger partial charge in [0, 0.05) is 18.7 Å². The van der Waals surface area contributed by atoms with E-state index in [1.165, 1.54) is 0 Å². The minimum absolute atomic E-state index is 0.559. The molecule has 16 heavy (non-hydrogen) atoms. The summed E-state index contributed by atoms with van der Waals surface area (Å²) in [5.74, 6) is 1.88. The highest BCUT2D eigenvalue weighted by molar-refractivity contribution is 6.33. The van der Waals surface area contributed by atoms with Crippen LogP contribution in [0.5, 0.6) is 11.5 Å². The van der Waals surface area contributed by atoms with Crippen molar-refractivity contribution in [1.82, 2.24) is 0 Å². The first-order valence-electron chi connectivity index (χ1n) is 5.23. The van der Waals surface area contributed by atoms with E-state index in [0.717, 1.165) is 12.2 Å². The predicted octanol–water partition coefficient (Wildman–Crippen LogP) is 3.43. The standard InChI is InChI=1S/C12H18ClNO2/c1-8(2)7-14-10-6-12(16-4)11(15-3)5-9(10)13/h5-6,8,14H,7H2,1-4H3. The molecule has 0 unspecified atom stereocenters. The lowest BCUT2D eigenvalue weighted by Gasteiger charge is -2.14. The molecule has 0 amide bonds. The summed E-state index contributed by atoms with van der Waals surface area (Å²) in [6.07, 6.45) is 0. The third-order valence-electron chi connectivity index (χ3n) is 2.17. The summed E-state index contributed by atoms with van der Waals surface area (Å²) in [6.45, 7) is 5.15. The Morgan fingerprint density at radius 1 is 1.19 bits per heavy atom. The second kappa shape index (κ2) is 5.85. The summed E-state index contributed by atoms with van der Waals surface area (Å²) >= 11 is 6.12. The maximum atomic E-state index is 6.12. The molecule has 4 heteroatoms. The van der Waals surface area contributed by atoms with Crippen LogP contribution >= 0.6 is 11.6 Å². The molecule has 1 aromatic carbocycles. The topological polar surface area (TPSA) is 30.5 Å². The zero-order valence-corrected chi connectivity index (χ0v) is 10.9. The number of ether oxygens (including phenoxy) is 2. The Kier molecular flexibility index (Phi) is 4.74. The monoisotopic (exact) mass is 243 g/mol. The van der Waals surface area contributed by atoms with Crippen LogP contribution in [0.4, 0.5) is 5.69 Å². The van der Waals surface area contributed by atoms with Crippen LogP contribution in [-0.2, 0) is 0 Å². The molecule has 0 atom stereocenters. The van der Waals surface area contributed by atoms with Gasteiger partial charge in [-0.1, -0.05) is 25.4 Å². The highest BCUT2D eigenvalue weighted by Crippen LogP contribution is 2.35. The molecule has 0 aliphatic heterocycles. The van der Waals surface area contributed by atoms with E-state index in [2.05, 4.69) is 19.2 Å². The Bertz CT molecular complexity index is 353. The van der Waals surface area contributed by atoms with Crippen molar-refractivity contribution >= 4 is 17.3 Å². The average molecular weight is 244 g/mol. The maximum Gasteiger partial charge on any atom is 0.162 e. The van der Waals surface area contributed by atoms with E-state index in [1.807, 2.05) is 6.07 Å². The predicted molar refractivity (Wildman–Crippen MR) is 67.9 cm³/mol. The van der Waals surface area contributed by atoms with Crippen molar-refractivity contribution in [3.05, 3.63) is 17.2 Å². The van der Waals surface area contributed by atoms with Crippen molar-refractivity contribution in [2.45, 2.75) is 13.8 Å². The van der Waals surface area contributed by atoms with E-state index >= 15 is 0 Å². The Morgan fingerprint density at radius 3 is 2.25 bits per heavy atom.